The molecular weight excluding hydrogens is 166 g/mol. The van der Waals surface area contributed by atoms with Crippen LogP contribution in [0.4, 0.5) is 0 Å². The molecule has 13 heavy (non-hydrogen) atoms. The molecule has 3 heteroatoms. The van der Waals surface area contributed by atoms with Crippen molar-refractivity contribution in [2.45, 2.75) is 31.8 Å². The molecule has 0 aromatic rings. The predicted octanol–water partition coefficient (Wildman–Crippen LogP) is 0.870. The van der Waals surface area contributed by atoms with E-state index in [0.29, 0.717) is 0 Å². The highest BCUT2D eigenvalue weighted by Gasteiger charge is 2.33. The lowest BCUT2D eigenvalue weighted by atomic mass is 9.92. The van der Waals surface area contributed by atoms with Crippen molar-refractivity contribution in [2.24, 2.45) is 0 Å². The van der Waals surface area contributed by atoms with Gasteiger partial charge in [-0.2, -0.15) is 0 Å². The fraction of sp³-hybridized carbons (Fsp3) is 1.00. The minimum atomic E-state index is -0.234. The Bertz CT molecular complexity index is 136. The molecule has 0 amide bonds. The molecule has 0 aliphatic carbocycles. The molecule has 0 atom stereocenters. The Balaban J connectivity index is 2.40. The molecule has 0 radical (unpaired) electrons. The van der Waals surface area contributed by atoms with Crippen molar-refractivity contribution >= 4 is 0 Å². The summed E-state index contributed by atoms with van der Waals surface area (Å²) in [5.74, 6) is 0. The van der Waals surface area contributed by atoms with E-state index in [-0.39, 0.29) is 12.2 Å². The first-order chi connectivity index (χ1) is 6.22. The fourth-order valence-corrected chi connectivity index (χ4v) is 1.69. The third-order valence-corrected chi connectivity index (χ3v) is 2.80. The van der Waals surface area contributed by atoms with E-state index in [4.69, 9.17) is 4.74 Å². The first-order valence-corrected chi connectivity index (χ1v) is 5.16. The molecular formula is C10H21NO2. The first kappa shape index (κ1) is 11.0. The molecule has 78 valence electrons. The van der Waals surface area contributed by atoms with Gasteiger partial charge in [0, 0.05) is 19.7 Å². The molecule has 1 aliphatic heterocycles. The fourth-order valence-electron chi connectivity index (χ4n) is 1.69. The van der Waals surface area contributed by atoms with E-state index in [1.807, 2.05) is 0 Å². The largest absolute Gasteiger partial charge is 0.393 e. The number of likely N-dealkylation sites (tertiary alicyclic amines) is 1. The maximum Gasteiger partial charge on any atom is 0.0936 e. The minimum absolute atomic E-state index is 0.167. The predicted molar refractivity (Wildman–Crippen MR) is 52.8 cm³/mol. The van der Waals surface area contributed by atoms with E-state index < -0.39 is 0 Å². The van der Waals surface area contributed by atoms with Crippen molar-refractivity contribution in [1.82, 2.24) is 4.90 Å². The summed E-state index contributed by atoms with van der Waals surface area (Å²) in [4.78, 5) is 2.28. The lowest BCUT2D eigenvalue weighted by Crippen LogP contribution is -2.47. The van der Waals surface area contributed by atoms with Gasteiger partial charge < -0.3 is 14.7 Å². The van der Waals surface area contributed by atoms with Crippen molar-refractivity contribution in [2.75, 3.05) is 33.4 Å². The molecule has 1 heterocycles. The average molecular weight is 187 g/mol. The van der Waals surface area contributed by atoms with Crippen LogP contribution in [0, 0.1) is 0 Å². The third-order valence-electron chi connectivity index (χ3n) is 2.80. The number of hydrogen-bond acceptors (Lipinski definition) is 3. The van der Waals surface area contributed by atoms with Gasteiger partial charge in [0.2, 0.25) is 0 Å². The van der Waals surface area contributed by atoms with Gasteiger partial charge in [0.05, 0.1) is 12.2 Å². The molecule has 0 bridgehead atoms. The number of aliphatic hydroxyl groups is 1. The van der Waals surface area contributed by atoms with Crippen LogP contribution < -0.4 is 0 Å². The Labute approximate surface area is 80.7 Å². The van der Waals surface area contributed by atoms with Crippen molar-refractivity contribution in [3.8, 4) is 0 Å². The van der Waals surface area contributed by atoms with E-state index >= 15 is 0 Å². The lowest BCUT2D eigenvalue weighted by molar-refractivity contribution is -0.109. The number of nitrogens with zero attached hydrogens (tertiary/aromatic N) is 1. The average Bonchev–Trinajstić information content (AvgIpc) is 2.18. The van der Waals surface area contributed by atoms with Crippen LogP contribution >= 0.6 is 0 Å². The lowest BCUT2D eigenvalue weighted by Gasteiger charge is -2.39. The van der Waals surface area contributed by atoms with Crippen molar-refractivity contribution < 1.29 is 9.84 Å². The third kappa shape index (κ3) is 2.93. The molecule has 3 nitrogen and oxygen atoms in total. The van der Waals surface area contributed by atoms with Crippen LogP contribution in [-0.2, 0) is 4.74 Å². The smallest absolute Gasteiger partial charge is 0.0936 e. The van der Waals surface area contributed by atoms with Crippen LogP contribution in [0.25, 0.3) is 0 Å². The van der Waals surface area contributed by atoms with Gasteiger partial charge in [0.1, 0.15) is 0 Å². The Morgan fingerprint density at radius 2 is 2.00 bits per heavy atom. The summed E-state index contributed by atoms with van der Waals surface area (Å²) in [5.41, 5.74) is -0.234. The van der Waals surface area contributed by atoms with E-state index in [2.05, 4.69) is 18.9 Å². The molecule has 0 saturated carbocycles. The maximum atomic E-state index is 9.31. The number of piperidine rings is 1. The van der Waals surface area contributed by atoms with E-state index in [0.717, 1.165) is 39.0 Å². The second-order valence-corrected chi connectivity index (χ2v) is 3.99. The molecule has 1 fully saturated rings. The number of ether oxygens (including phenoxy) is 1. The summed E-state index contributed by atoms with van der Waals surface area (Å²) >= 11 is 0. The Morgan fingerprint density at radius 3 is 2.46 bits per heavy atom. The summed E-state index contributed by atoms with van der Waals surface area (Å²) in [5, 5.41) is 9.31. The first-order valence-electron chi connectivity index (χ1n) is 5.16. The Kier molecular flexibility index (Phi) is 4.16. The molecule has 1 saturated heterocycles. The number of hydrogen-bond donors (Lipinski definition) is 1. The van der Waals surface area contributed by atoms with Gasteiger partial charge in [0.15, 0.2) is 0 Å². The second kappa shape index (κ2) is 4.94. The van der Waals surface area contributed by atoms with Crippen LogP contribution in [0.3, 0.4) is 0 Å². The van der Waals surface area contributed by atoms with Crippen molar-refractivity contribution in [3.63, 3.8) is 0 Å². The van der Waals surface area contributed by atoms with E-state index in [1.165, 1.54) is 0 Å². The van der Waals surface area contributed by atoms with Crippen LogP contribution in [0.5, 0.6) is 0 Å². The summed E-state index contributed by atoms with van der Waals surface area (Å²) in [6.07, 6.45) is 2.94. The maximum absolute atomic E-state index is 9.31. The SMILES string of the molecule is CCCOC1(CO)CCN(C)CC1. The molecule has 0 spiro atoms. The monoisotopic (exact) mass is 187 g/mol. The van der Waals surface area contributed by atoms with Crippen LogP contribution in [-0.4, -0.2) is 49.0 Å². The van der Waals surface area contributed by atoms with Gasteiger partial charge in [0.25, 0.3) is 0 Å². The molecule has 0 aromatic carbocycles. The molecule has 1 aliphatic rings. The summed E-state index contributed by atoms with van der Waals surface area (Å²) in [6, 6.07) is 0. The van der Waals surface area contributed by atoms with E-state index in [9.17, 15) is 5.11 Å². The highest BCUT2D eigenvalue weighted by molar-refractivity contribution is 4.86. The van der Waals surface area contributed by atoms with E-state index in [1.54, 1.807) is 0 Å². The van der Waals surface area contributed by atoms with Crippen LogP contribution in [0.2, 0.25) is 0 Å². The molecule has 1 rings (SSSR count). The van der Waals surface area contributed by atoms with Gasteiger partial charge in [-0.05, 0) is 26.3 Å². The van der Waals surface area contributed by atoms with Gasteiger partial charge in [-0.1, -0.05) is 6.92 Å². The minimum Gasteiger partial charge on any atom is -0.393 e. The zero-order valence-corrected chi connectivity index (χ0v) is 8.75. The Hall–Kier alpha value is -0.120. The van der Waals surface area contributed by atoms with Crippen LogP contribution in [0.15, 0.2) is 0 Å². The zero-order chi connectivity index (χ0) is 9.73. The van der Waals surface area contributed by atoms with Gasteiger partial charge in [-0.15, -0.1) is 0 Å². The van der Waals surface area contributed by atoms with Gasteiger partial charge >= 0.3 is 0 Å². The van der Waals surface area contributed by atoms with Crippen LogP contribution in [0.1, 0.15) is 26.2 Å². The number of rotatable bonds is 4. The molecule has 1 N–H and O–H groups in total. The normalized spacial score (nSPS) is 23.3. The quantitative estimate of drug-likeness (QED) is 0.709. The van der Waals surface area contributed by atoms with Crippen molar-refractivity contribution in [1.29, 1.82) is 0 Å². The Morgan fingerprint density at radius 1 is 1.38 bits per heavy atom. The van der Waals surface area contributed by atoms with Crippen molar-refractivity contribution in [3.05, 3.63) is 0 Å². The topological polar surface area (TPSA) is 32.7 Å². The molecule has 0 aromatic heterocycles. The summed E-state index contributed by atoms with van der Waals surface area (Å²) in [6.45, 7) is 5.10. The van der Waals surface area contributed by atoms with Gasteiger partial charge in [-0.25, -0.2) is 0 Å². The second-order valence-electron chi connectivity index (χ2n) is 3.99. The summed E-state index contributed by atoms with van der Waals surface area (Å²) in [7, 11) is 2.11. The highest BCUT2D eigenvalue weighted by atomic mass is 16.5. The van der Waals surface area contributed by atoms with Gasteiger partial charge in [-0.3, -0.25) is 0 Å². The number of aliphatic hydroxyl groups excluding tert-OH is 1. The highest BCUT2D eigenvalue weighted by Crippen LogP contribution is 2.25. The molecule has 0 unspecified atom stereocenters. The standard InChI is InChI=1S/C10H21NO2/c1-3-8-13-10(9-12)4-6-11(2)7-5-10/h12H,3-9H2,1-2H3. The summed E-state index contributed by atoms with van der Waals surface area (Å²) < 4.78 is 5.74. The zero-order valence-electron chi connectivity index (χ0n) is 8.75.